The molecule has 0 unspecified atom stereocenters. The minimum atomic E-state index is 0.734. The van der Waals surface area contributed by atoms with Gasteiger partial charge in [-0.15, -0.1) is 11.8 Å². The van der Waals surface area contributed by atoms with Crippen LogP contribution >= 0.6 is 11.8 Å². The summed E-state index contributed by atoms with van der Waals surface area (Å²) in [5.41, 5.74) is 7.86. The Balaban J connectivity index is 1.89. The summed E-state index contributed by atoms with van der Waals surface area (Å²) in [5.74, 6) is 1.93. The topological polar surface area (TPSA) is 55.0 Å². The fourth-order valence-corrected chi connectivity index (χ4v) is 3.07. The second-order valence-corrected chi connectivity index (χ2v) is 5.30. The molecule has 4 nitrogen and oxygen atoms in total. The summed E-state index contributed by atoms with van der Waals surface area (Å²) in [6.45, 7) is 1.73. The van der Waals surface area contributed by atoms with E-state index in [1.54, 1.807) is 12.4 Å². The van der Waals surface area contributed by atoms with Crippen LogP contribution in [0.25, 0.3) is 0 Å². The van der Waals surface area contributed by atoms with Crippen molar-refractivity contribution < 1.29 is 0 Å². The van der Waals surface area contributed by atoms with Gasteiger partial charge in [-0.2, -0.15) is 0 Å². The van der Waals surface area contributed by atoms with Crippen LogP contribution < -0.4 is 10.6 Å². The summed E-state index contributed by atoms with van der Waals surface area (Å²) in [6, 6.07) is 7.91. The minimum Gasteiger partial charge on any atom is -0.399 e. The molecule has 5 heteroatoms. The molecule has 2 aromatic rings. The van der Waals surface area contributed by atoms with Gasteiger partial charge >= 0.3 is 0 Å². The van der Waals surface area contributed by atoms with Gasteiger partial charge in [-0.25, -0.2) is 9.97 Å². The smallest absolute Gasteiger partial charge is 0.147 e. The van der Waals surface area contributed by atoms with Gasteiger partial charge in [-0.1, -0.05) is 0 Å². The molecule has 1 aliphatic heterocycles. The van der Waals surface area contributed by atoms with Gasteiger partial charge < -0.3 is 10.6 Å². The van der Waals surface area contributed by atoms with Crippen molar-refractivity contribution in [3.63, 3.8) is 0 Å². The monoisotopic (exact) mass is 258 g/mol. The zero-order valence-electron chi connectivity index (χ0n) is 9.91. The highest BCUT2D eigenvalue weighted by Crippen LogP contribution is 2.36. The summed E-state index contributed by atoms with van der Waals surface area (Å²) >= 11 is 1.87. The second kappa shape index (κ2) is 4.86. The van der Waals surface area contributed by atoms with Crippen LogP contribution in [0.3, 0.4) is 0 Å². The van der Waals surface area contributed by atoms with E-state index in [0.717, 1.165) is 30.4 Å². The normalized spacial score (nSPS) is 14.3. The standard InChI is InChI=1S/C13H14N4S/c14-10-2-3-12-11(8-10)17(6-7-18-12)9-13-15-4-1-5-16-13/h1-5,8H,6-7,9,14H2. The molecule has 0 aliphatic carbocycles. The van der Waals surface area contributed by atoms with Crippen LogP contribution in [0.2, 0.25) is 0 Å². The van der Waals surface area contributed by atoms with E-state index in [0.29, 0.717) is 0 Å². The molecule has 1 aromatic heterocycles. The molecule has 0 spiro atoms. The summed E-state index contributed by atoms with van der Waals surface area (Å²) in [4.78, 5) is 12.1. The average Bonchev–Trinajstić information content (AvgIpc) is 2.41. The van der Waals surface area contributed by atoms with Gasteiger partial charge in [0, 0.05) is 35.3 Å². The predicted molar refractivity (Wildman–Crippen MR) is 74.7 cm³/mol. The fourth-order valence-electron chi connectivity index (χ4n) is 2.04. The van der Waals surface area contributed by atoms with Crippen molar-refractivity contribution in [3.05, 3.63) is 42.5 Å². The highest BCUT2D eigenvalue weighted by Gasteiger charge is 2.18. The van der Waals surface area contributed by atoms with Crippen LogP contribution in [-0.4, -0.2) is 22.3 Å². The molecule has 1 aromatic carbocycles. The van der Waals surface area contributed by atoms with Crippen LogP contribution in [0.1, 0.15) is 5.82 Å². The number of nitrogen functional groups attached to an aromatic ring is 1. The zero-order chi connectivity index (χ0) is 12.4. The van der Waals surface area contributed by atoms with E-state index in [9.17, 15) is 0 Å². The Kier molecular flexibility index (Phi) is 3.06. The fraction of sp³-hybridized carbons (Fsp3) is 0.231. The maximum absolute atomic E-state index is 5.87. The molecule has 0 bridgehead atoms. The minimum absolute atomic E-state index is 0.734. The van der Waals surface area contributed by atoms with Crippen LogP contribution in [0.4, 0.5) is 11.4 Å². The molecule has 0 saturated carbocycles. The lowest BCUT2D eigenvalue weighted by Gasteiger charge is -2.30. The number of thioether (sulfide) groups is 1. The molecule has 18 heavy (non-hydrogen) atoms. The SMILES string of the molecule is Nc1ccc2c(c1)N(Cc1ncccn1)CCS2. The Morgan fingerprint density at radius 2 is 2.11 bits per heavy atom. The van der Waals surface area contributed by atoms with E-state index in [-0.39, 0.29) is 0 Å². The third-order valence-electron chi connectivity index (χ3n) is 2.89. The third-order valence-corrected chi connectivity index (χ3v) is 3.94. The summed E-state index contributed by atoms with van der Waals surface area (Å²) in [6.07, 6.45) is 3.56. The first-order valence-corrected chi connectivity index (χ1v) is 6.85. The molecule has 0 saturated heterocycles. The third kappa shape index (κ3) is 2.26. The Morgan fingerprint density at radius 3 is 2.94 bits per heavy atom. The average molecular weight is 258 g/mol. The van der Waals surface area contributed by atoms with Crippen molar-refractivity contribution in [3.8, 4) is 0 Å². The van der Waals surface area contributed by atoms with Crippen LogP contribution in [0.15, 0.2) is 41.6 Å². The van der Waals surface area contributed by atoms with Crippen molar-refractivity contribution in [1.29, 1.82) is 0 Å². The number of rotatable bonds is 2. The zero-order valence-corrected chi connectivity index (χ0v) is 10.7. The molecule has 2 N–H and O–H groups in total. The molecular weight excluding hydrogens is 244 g/mol. The molecule has 2 heterocycles. The maximum Gasteiger partial charge on any atom is 0.147 e. The molecule has 92 valence electrons. The first-order valence-electron chi connectivity index (χ1n) is 5.86. The lowest BCUT2D eigenvalue weighted by molar-refractivity contribution is 0.770. The van der Waals surface area contributed by atoms with Gasteiger partial charge in [-0.3, -0.25) is 0 Å². The molecule has 1 aliphatic rings. The van der Waals surface area contributed by atoms with Crippen molar-refractivity contribution >= 4 is 23.1 Å². The van der Waals surface area contributed by atoms with E-state index in [1.165, 1.54) is 10.6 Å². The lowest BCUT2D eigenvalue weighted by atomic mass is 10.2. The summed E-state index contributed by atoms with van der Waals surface area (Å²) in [7, 11) is 0. The van der Waals surface area contributed by atoms with Crippen molar-refractivity contribution in [2.45, 2.75) is 11.4 Å². The molecule has 0 amide bonds. The van der Waals surface area contributed by atoms with Gasteiger partial charge in [0.25, 0.3) is 0 Å². The van der Waals surface area contributed by atoms with E-state index < -0.39 is 0 Å². The Hall–Kier alpha value is -1.75. The number of nitrogens with two attached hydrogens (primary N) is 1. The number of anilines is 2. The molecule has 3 rings (SSSR count). The molecule has 0 radical (unpaired) electrons. The van der Waals surface area contributed by atoms with Crippen molar-refractivity contribution in [2.24, 2.45) is 0 Å². The number of hydrogen-bond donors (Lipinski definition) is 1. The first kappa shape index (κ1) is 11.3. The van der Waals surface area contributed by atoms with Gasteiger partial charge in [0.1, 0.15) is 5.82 Å². The molecule has 0 atom stereocenters. The number of nitrogens with zero attached hydrogens (tertiary/aromatic N) is 3. The Labute approximate surface area is 110 Å². The van der Waals surface area contributed by atoms with Gasteiger partial charge in [-0.05, 0) is 24.3 Å². The van der Waals surface area contributed by atoms with Crippen molar-refractivity contribution in [1.82, 2.24) is 9.97 Å². The maximum atomic E-state index is 5.87. The second-order valence-electron chi connectivity index (χ2n) is 4.16. The number of fused-ring (bicyclic) bond motifs is 1. The van der Waals surface area contributed by atoms with E-state index in [1.807, 2.05) is 30.0 Å². The van der Waals surface area contributed by atoms with Crippen LogP contribution in [0.5, 0.6) is 0 Å². The highest BCUT2D eigenvalue weighted by atomic mass is 32.2. The first-order chi connectivity index (χ1) is 8.83. The quantitative estimate of drug-likeness (QED) is 0.837. The highest BCUT2D eigenvalue weighted by molar-refractivity contribution is 7.99. The number of hydrogen-bond acceptors (Lipinski definition) is 5. The van der Waals surface area contributed by atoms with Crippen molar-refractivity contribution in [2.75, 3.05) is 22.9 Å². The predicted octanol–water partition coefficient (Wildman–Crippen LogP) is 2.17. The largest absolute Gasteiger partial charge is 0.399 e. The van der Waals surface area contributed by atoms with Gasteiger partial charge in [0.05, 0.1) is 12.2 Å². The lowest BCUT2D eigenvalue weighted by Crippen LogP contribution is -2.29. The van der Waals surface area contributed by atoms with Gasteiger partial charge in [0.2, 0.25) is 0 Å². The number of benzene rings is 1. The van der Waals surface area contributed by atoms with E-state index >= 15 is 0 Å². The van der Waals surface area contributed by atoms with Crippen LogP contribution in [0, 0.1) is 0 Å². The summed E-state index contributed by atoms with van der Waals surface area (Å²) in [5, 5.41) is 0. The van der Waals surface area contributed by atoms with E-state index in [4.69, 9.17) is 5.73 Å². The van der Waals surface area contributed by atoms with E-state index in [2.05, 4.69) is 20.9 Å². The van der Waals surface area contributed by atoms with Gasteiger partial charge in [0.15, 0.2) is 0 Å². The Bertz CT molecular complexity index is 544. The number of aromatic nitrogens is 2. The molecular formula is C13H14N4S. The van der Waals surface area contributed by atoms with Crippen LogP contribution in [-0.2, 0) is 6.54 Å². The Morgan fingerprint density at radius 1 is 1.28 bits per heavy atom. The summed E-state index contributed by atoms with van der Waals surface area (Å²) < 4.78 is 0. The molecule has 0 fully saturated rings.